The molecule has 1 nitrogen and oxygen atoms in total. The van der Waals surface area contributed by atoms with E-state index in [1.54, 1.807) is 0 Å². The van der Waals surface area contributed by atoms with Gasteiger partial charge in [0.25, 0.3) is 0 Å². The van der Waals surface area contributed by atoms with Gasteiger partial charge in [0.05, 0.1) is 0 Å². The van der Waals surface area contributed by atoms with Crippen molar-refractivity contribution in [1.82, 2.24) is 4.90 Å². The fourth-order valence-electron chi connectivity index (χ4n) is 1.40. The minimum absolute atomic E-state index is 0.847. The monoisotopic (exact) mass is 181 g/mol. The van der Waals surface area contributed by atoms with Gasteiger partial charge in [-0.2, -0.15) is 0 Å². The second-order valence-corrected chi connectivity index (χ2v) is 3.06. The summed E-state index contributed by atoms with van der Waals surface area (Å²) in [6.07, 6.45) is 2.73. The molecule has 0 bridgehead atoms. The van der Waals surface area contributed by atoms with E-state index in [4.69, 9.17) is 0 Å². The smallest absolute Gasteiger partial charge is 0.0107 e. The summed E-state index contributed by atoms with van der Waals surface area (Å²) in [4.78, 5) is 2.44. The topological polar surface area (TPSA) is 3.24 Å². The van der Waals surface area contributed by atoms with Crippen LogP contribution in [0.25, 0.3) is 0 Å². The van der Waals surface area contributed by atoms with E-state index in [0.717, 1.165) is 12.1 Å². The Balaban J connectivity index is 0. The summed E-state index contributed by atoms with van der Waals surface area (Å²) in [5.74, 6) is 0. The fraction of sp³-hybridized carbons (Fsp3) is 0.583. The zero-order valence-electron chi connectivity index (χ0n) is 9.34. The molecule has 1 aliphatic heterocycles. The Kier molecular flexibility index (Phi) is 10.5. The van der Waals surface area contributed by atoms with Gasteiger partial charge in [-0.25, -0.2) is 0 Å². The molecule has 1 fully saturated rings. The van der Waals surface area contributed by atoms with Gasteiger partial charge in [-0.3, -0.25) is 0 Å². The molecule has 2 atom stereocenters. The van der Waals surface area contributed by atoms with Gasteiger partial charge in [0.15, 0.2) is 0 Å². The third-order valence-electron chi connectivity index (χ3n) is 2.36. The molecule has 0 aromatic carbocycles. The van der Waals surface area contributed by atoms with Crippen LogP contribution in [0.3, 0.4) is 0 Å². The van der Waals surface area contributed by atoms with Crippen molar-refractivity contribution in [2.45, 2.75) is 38.8 Å². The summed E-state index contributed by atoms with van der Waals surface area (Å²) in [6.45, 7) is 16.8. The Bertz CT molecular complexity index is 145. The lowest BCUT2D eigenvalue weighted by Crippen LogP contribution is -2.51. The molecule has 0 aromatic rings. The molecule has 0 spiro atoms. The van der Waals surface area contributed by atoms with Crippen molar-refractivity contribution < 1.29 is 0 Å². The first-order chi connectivity index (χ1) is 6.17. The molecule has 13 heavy (non-hydrogen) atoms. The largest absolute Gasteiger partial charge is 0.301 e. The molecule has 76 valence electrons. The Morgan fingerprint density at radius 3 is 1.85 bits per heavy atom. The highest BCUT2D eigenvalue weighted by molar-refractivity contribution is 4.85. The summed E-state index contributed by atoms with van der Waals surface area (Å²) in [7, 11) is 2.21. The maximum Gasteiger partial charge on any atom is 0.0107 e. The number of hydrogen-bond donors (Lipinski definition) is 0. The van der Waals surface area contributed by atoms with E-state index < -0.39 is 0 Å². The van der Waals surface area contributed by atoms with Gasteiger partial charge >= 0.3 is 0 Å². The van der Waals surface area contributed by atoms with Crippen LogP contribution in [0.1, 0.15) is 26.7 Å². The average molecular weight is 181 g/mol. The molecular weight excluding hydrogens is 158 g/mol. The number of hydrogen-bond acceptors (Lipinski definition) is 1. The minimum Gasteiger partial charge on any atom is -0.301 e. The van der Waals surface area contributed by atoms with Gasteiger partial charge < -0.3 is 4.90 Å². The maximum atomic E-state index is 3.12. The van der Waals surface area contributed by atoms with Crippen LogP contribution < -0.4 is 0 Å². The highest BCUT2D eigenvalue weighted by Gasteiger charge is 2.29. The molecule has 0 aromatic heterocycles. The first kappa shape index (κ1) is 14.7. The summed E-state index contributed by atoms with van der Waals surface area (Å²) in [5, 5.41) is 0. The number of rotatable bonds is 1. The lowest BCUT2D eigenvalue weighted by atomic mass is 9.94. The van der Waals surface area contributed by atoms with Crippen LogP contribution in [-0.2, 0) is 0 Å². The van der Waals surface area contributed by atoms with E-state index >= 15 is 0 Å². The molecule has 1 aliphatic rings. The van der Waals surface area contributed by atoms with Gasteiger partial charge in [0.1, 0.15) is 0 Å². The minimum atomic E-state index is 0.847. The molecule has 1 rings (SSSR count). The third kappa shape index (κ3) is 5.46. The van der Waals surface area contributed by atoms with Crippen molar-refractivity contribution in [3.05, 3.63) is 32.0 Å². The summed E-state index contributed by atoms with van der Waals surface area (Å²) in [6, 6.07) is 1.74. The summed E-state index contributed by atoms with van der Waals surface area (Å²) in [5.41, 5.74) is 2.25. The average Bonchev–Trinajstić information content (AvgIpc) is 2.18. The van der Waals surface area contributed by atoms with Crippen molar-refractivity contribution in [1.29, 1.82) is 0 Å². The standard InChI is InChI=1S/C7H15N.C3H4.C2H4/c1-4-7-5-6(2)8(7)3;1-3-2;1-2/h6-7H,4-5H2,1-3H3;1-2H2;1-2H2. The van der Waals surface area contributed by atoms with Crippen LogP contribution in [0.5, 0.6) is 0 Å². The first-order valence-corrected chi connectivity index (χ1v) is 4.68. The van der Waals surface area contributed by atoms with Crippen molar-refractivity contribution in [2.24, 2.45) is 0 Å². The fourth-order valence-corrected chi connectivity index (χ4v) is 1.40. The SMILES string of the molecule is C=C.C=C=C.CCC1CC(C)N1C. The normalized spacial score (nSPS) is 25.2. The predicted molar refractivity (Wildman–Crippen MR) is 61.9 cm³/mol. The molecule has 0 saturated carbocycles. The molecule has 0 amide bonds. The molecule has 1 heterocycles. The van der Waals surface area contributed by atoms with Crippen LogP contribution >= 0.6 is 0 Å². The molecule has 1 heteroatoms. The van der Waals surface area contributed by atoms with E-state index in [9.17, 15) is 0 Å². The van der Waals surface area contributed by atoms with Gasteiger partial charge in [0.2, 0.25) is 0 Å². The van der Waals surface area contributed by atoms with Gasteiger partial charge in [-0.05, 0) is 26.8 Å². The number of likely N-dealkylation sites (tertiary alicyclic amines) is 1. The van der Waals surface area contributed by atoms with Crippen LogP contribution in [0.15, 0.2) is 32.0 Å². The first-order valence-electron chi connectivity index (χ1n) is 4.68. The van der Waals surface area contributed by atoms with E-state index in [0.29, 0.717) is 0 Å². The van der Waals surface area contributed by atoms with E-state index in [1.165, 1.54) is 12.8 Å². The highest BCUT2D eigenvalue weighted by Crippen LogP contribution is 2.24. The van der Waals surface area contributed by atoms with Crippen molar-refractivity contribution >= 4 is 0 Å². The Morgan fingerprint density at radius 2 is 1.77 bits per heavy atom. The Morgan fingerprint density at radius 1 is 1.38 bits per heavy atom. The van der Waals surface area contributed by atoms with Crippen molar-refractivity contribution in [3.8, 4) is 0 Å². The molecule has 0 N–H and O–H groups in total. The van der Waals surface area contributed by atoms with E-state index in [-0.39, 0.29) is 0 Å². The Labute approximate surface area is 83.5 Å². The van der Waals surface area contributed by atoms with Gasteiger partial charge in [0, 0.05) is 12.1 Å². The number of nitrogens with zero attached hydrogens (tertiary/aromatic N) is 1. The van der Waals surface area contributed by atoms with Crippen molar-refractivity contribution in [3.63, 3.8) is 0 Å². The van der Waals surface area contributed by atoms with E-state index in [2.05, 4.69) is 57.8 Å². The zero-order chi connectivity index (χ0) is 10.9. The predicted octanol–water partition coefficient (Wildman–Crippen LogP) is 3.25. The third-order valence-corrected chi connectivity index (χ3v) is 2.36. The van der Waals surface area contributed by atoms with Gasteiger partial charge in [-0.1, -0.05) is 20.1 Å². The van der Waals surface area contributed by atoms with Gasteiger partial charge in [-0.15, -0.1) is 18.9 Å². The van der Waals surface area contributed by atoms with Crippen molar-refractivity contribution in [2.75, 3.05) is 7.05 Å². The lowest BCUT2D eigenvalue weighted by Gasteiger charge is -2.44. The quantitative estimate of drug-likeness (QED) is 0.443. The van der Waals surface area contributed by atoms with Crippen LogP contribution in [0.2, 0.25) is 0 Å². The molecule has 2 unspecified atom stereocenters. The molecule has 1 saturated heterocycles. The van der Waals surface area contributed by atoms with Crippen LogP contribution in [-0.4, -0.2) is 24.0 Å². The van der Waals surface area contributed by atoms with Crippen LogP contribution in [0, 0.1) is 0 Å². The van der Waals surface area contributed by atoms with Crippen LogP contribution in [0.4, 0.5) is 0 Å². The summed E-state index contributed by atoms with van der Waals surface area (Å²) >= 11 is 0. The second kappa shape index (κ2) is 9.31. The van der Waals surface area contributed by atoms with E-state index in [1.807, 2.05) is 0 Å². The summed E-state index contributed by atoms with van der Waals surface area (Å²) < 4.78 is 0. The highest BCUT2D eigenvalue weighted by atomic mass is 15.2. The molecule has 0 radical (unpaired) electrons. The maximum absolute atomic E-state index is 3.12. The lowest BCUT2D eigenvalue weighted by molar-refractivity contribution is 0.0540. The zero-order valence-corrected chi connectivity index (χ0v) is 9.34. The molecule has 0 aliphatic carbocycles. The Hall–Kier alpha value is -0.780. The second-order valence-electron chi connectivity index (χ2n) is 3.06. The molecular formula is C12H23N.